The number of morpholine rings is 1. The van der Waals surface area contributed by atoms with Gasteiger partial charge < -0.3 is 20.3 Å². The molecule has 0 aromatic heterocycles. The summed E-state index contributed by atoms with van der Waals surface area (Å²) in [5, 5.41) is 7.21. The van der Waals surface area contributed by atoms with Crippen molar-refractivity contribution < 1.29 is 9.64 Å². The van der Waals surface area contributed by atoms with Crippen molar-refractivity contribution in [3.63, 3.8) is 0 Å². The highest BCUT2D eigenvalue weighted by Crippen LogP contribution is 2.17. The van der Waals surface area contributed by atoms with Gasteiger partial charge in [0.1, 0.15) is 25.7 Å². The number of hydrogen-bond donors (Lipinski definition) is 3. The minimum Gasteiger partial charge on any atom is -0.365 e. The maximum Gasteiger partial charge on any atom is 0.170 e. The molecule has 5 heteroatoms. The van der Waals surface area contributed by atoms with Crippen molar-refractivity contribution in [2.75, 3.05) is 31.6 Å². The van der Waals surface area contributed by atoms with Gasteiger partial charge in [0.05, 0.1) is 6.61 Å². The first-order valence-electron chi connectivity index (χ1n) is 9.74. The summed E-state index contributed by atoms with van der Waals surface area (Å²) in [6, 6.07) is 19.1. The molecule has 1 heterocycles. The van der Waals surface area contributed by atoms with E-state index >= 15 is 0 Å². The summed E-state index contributed by atoms with van der Waals surface area (Å²) in [7, 11) is 0. The molecule has 2 atom stereocenters. The molecule has 27 heavy (non-hydrogen) atoms. The largest absolute Gasteiger partial charge is 0.365 e. The summed E-state index contributed by atoms with van der Waals surface area (Å²) in [6.45, 7) is 9.01. The van der Waals surface area contributed by atoms with Crippen molar-refractivity contribution >= 4 is 23.0 Å². The number of nitrogens with one attached hydrogen (secondary N) is 3. The molecule has 0 saturated carbocycles. The molecular formula is C22H30N3OS+. The second kappa shape index (κ2) is 9.83. The number of anilines is 1. The van der Waals surface area contributed by atoms with E-state index in [9.17, 15) is 0 Å². The van der Waals surface area contributed by atoms with Gasteiger partial charge in [-0.25, -0.2) is 0 Å². The highest BCUT2D eigenvalue weighted by atomic mass is 32.1. The molecule has 0 spiro atoms. The van der Waals surface area contributed by atoms with Crippen LogP contribution in [0.2, 0.25) is 0 Å². The second-order valence-corrected chi connectivity index (χ2v) is 7.88. The Kier molecular flexibility index (Phi) is 7.21. The molecule has 0 bridgehead atoms. The van der Waals surface area contributed by atoms with Crippen molar-refractivity contribution in [2.45, 2.75) is 32.4 Å². The Hall–Kier alpha value is -1.95. The quantitative estimate of drug-likeness (QED) is 0.670. The molecule has 4 nitrogen and oxygen atoms in total. The molecule has 2 aromatic carbocycles. The normalized spacial score (nSPS) is 19.7. The predicted molar refractivity (Wildman–Crippen MR) is 115 cm³/mol. The van der Waals surface area contributed by atoms with Crippen LogP contribution in [0.15, 0.2) is 54.6 Å². The van der Waals surface area contributed by atoms with E-state index in [1.165, 1.54) is 11.1 Å². The maximum atomic E-state index is 5.92. The minimum absolute atomic E-state index is 0.181. The van der Waals surface area contributed by atoms with Gasteiger partial charge in [-0.3, -0.25) is 0 Å². The van der Waals surface area contributed by atoms with Crippen LogP contribution in [0.1, 0.15) is 30.9 Å². The SMILES string of the molecule is CC(C)c1ccc(NC(=S)NC[C@@H]2C[NH+](Cc3ccccc3)CCO2)cc1. The van der Waals surface area contributed by atoms with E-state index in [1.54, 1.807) is 4.90 Å². The zero-order valence-electron chi connectivity index (χ0n) is 16.2. The third-order valence-corrected chi connectivity index (χ3v) is 5.19. The molecule has 144 valence electrons. The van der Waals surface area contributed by atoms with Crippen molar-refractivity contribution in [1.82, 2.24) is 5.32 Å². The van der Waals surface area contributed by atoms with Gasteiger partial charge in [-0.05, 0) is 35.8 Å². The lowest BCUT2D eigenvalue weighted by Gasteiger charge is -2.30. The van der Waals surface area contributed by atoms with Crippen LogP contribution in [0.3, 0.4) is 0 Å². The van der Waals surface area contributed by atoms with Crippen molar-refractivity contribution in [1.29, 1.82) is 0 Å². The van der Waals surface area contributed by atoms with E-state index in [2.05, 4.69) is 79.1 Å². The molecule has 2 aromatic rings. The number of ether oxygens (including phenoxy) is 1. The first-order valence-corrected chi connectivity index (χ1v) is 10.1. The minimum atomic E-state index is 0.181. The highest BCUT2D eigenvalue weighted by Gasteiger charge is 2.23. The van der Waals surface area contributed by atoms with Crippen molar-refractivity contribution in [3.8, 4) is 0 Å². The first-order chi connectivity index (χ1) is 13.1. The Morgan fingerprint density at radius 1 is 1.15 bits per heavy atom. The number of rotatable bonds is 6. The Morgan fingerprint density at radius 2 is 1.89 bits per heavy atom. The molecule has 1 saturated heterocycles. The lowest BCUT2D eigenvalue weighted by atomic mass is 10.0. The van der Waals surface area contributed by atoms with Gasteiger partial charge in [-0.1, -0.05) is 56.3 Å². The molecule has 0 radical (unpaired) electrons. The summed E-state index contributed by atoms with van der Waals surface area (Å²) in [5.41, 5.74) is 3.72. The molecule has 1 aliphatic heterocycles. The average Bonchev–Trinajstić information content (AvgIpc) is 2.68. The maximum absolute atomic E-state index is 5.92. The fourth-order valence-electron chi connectivity index (χ4n) is 3.36. The molecule has 1 aliphatic rings. The Balaban J connectivity index is 1.42. The van der Waals surface area contributed by atoms with Gasteiger partial charge in [-0.2, -0.15) is 0 Å². The molecule has 1 fully saturated rings. The average molecular weight is 385 g/mol. The predicted octanol–water partition coefficient (Wildman–Crippen LogP) is 2.58. The van der Waals surface area contributed by atoms with Crippen LogP contribution in [-0.4, -0.2) is 37.5 Å². The molecule has 3 rings (SSSR count). The fraction of sp³-hybridized carbons (Fsp3) is 0.409. The Morgan fingerprint density at radius 3 is 2.59 bits per heavy atom. The standard InChI is InChI=1S/C22H29N3OS/c1-17(2)19-8-10-20(11-9-19)24-22(27)23-14-21-16-25(12-13-26-21)15-18-6-4-3-5-7-18/h3-11,17,21H,12-16H2,1-2H3,(H2,23,24,27)/p+1/t21-/m1/s1. The van der Waals surface area contributed by atoms with Crippen molar-refractivity contribution in [3.05, 3.63) is 65.7 Å². The van der Waals surface area contributed by atoms with Gasteiger partial charge >= 0.3 is 0 Å². The Labute approximate surface area is 167 Å². The van der Waals surface area contributed by atoms with E-state index in [-0.39, 0.29) is 6.10 Å². The van der Waals surface area contributed by atoms with Crippen LogP contribution in [0, 0.1) is 0 Å². The van der Waals surface area contributed by atoms with Crippen LogP contribution < -0.4 is 15.5 Å². The van der Waals surface area contributed by atoms with E-state index < -0.39 is 0 Å². The summed E-state index contributed by atoms with van der Waals surface area (Å²) >= 11 is 5.44. The molecule has 0 amide bonds. The van der Waals surface area contributed by atoms with E-state index in [1.807, 2.05) is 0 Å². The van der Waals surface area contributed by atoms with Crippen LogP contribution in [0.25, 0.3) is 0 Å². The number of quaternary nitrogens is 1. The topological polar surface area (TPSA) is 37.7 Å². The summed E-state index contributed by atoms with van der Waals surface area (Å²) in [5.74, 6) is 0.536. The summed E-state index contributed by atoms with van der Waals surface area (Å²) in [6.07, 6.45) is 0.181. The lowest BCUT2D eigenvalue weighted by molar-refractivity contribution is -0.925. The highest BCUT2D eigenvalue weighted by molar-refractivity contribution is 7.80. The van der Waals surface area contributed by atoms with Gasteiger partial charge in [0.25, 0.3) is 0 Å². The third-order valence-electron chi connectivity index (χ3n) is 4.95. The van der Waals surface area contributed by atoms with E-state index in [0.717, 1.165) is 38.5 Å². The lowest BCUT2D eigenvalue weighted by Crippen LogP contribution is -3.13. The Bertz CT molecular complexity index is 718. The van der Waals surface area contributed by atoms with Crippen LogP contribution in [0.5, 0.6) is 0 Å². The zero-order valence-corrected chi connectivity index (χ0v) is 17.0. The van der Waals surface area contributed by atoms with Gasteiger partial charge in [0.2, 0.25) is 0 Å². The van der Waals surface area contributed by atoms with Crippen LogP contribution >= 0.6 is 12.2 Å². The van der Waals surface area contributed by atoms with Crippen LogP contribution in [0.4, 0.5) is 5.69 Å². The number of benzene rings is 2. The second-order valence-electron chi connectivity index (χ2n) is 7.47. The van der Waals surface area contributed by atoms with Gasteiger partial charge in [0.15, 0.2) is 5.11 Å². The van der Waals surface area contributed by atoms with Crippen LogP contribution in [-0.2, 0) is 11.3 Å². The van der Waals surface area contributed by atoms with E-state index in [0.29, 0.717) is 11.0 Å². The van der Waals surface area contributed by atoms with Gasteiger partial charge in [-0.15, -0.1) is 0 Å². The smallest absolute Gasteiger partial charge is 0.170 e. The zero-order chi connectivity index (χ0) is 19.1. The molecular weight excluding hydrogens is 354 g/mol. The molecule has 1 unspecified atom stereocenters. The van der Waals surface area contributed by atoms with Crippen molar-refractivity contribution in [2.24, 2.45) is 0 Å². The first kappa shape index (κ1) is 19.8. The third kappa shape index (κ3) is 6.31. The van der Waals surface area contributed by atoms with Gasteiger partial charge in [0, 0.05) is 17.8 Å². The fourth-order valence-corrected chi connectivity index (χ4v) is 3.56. The molecule has 3 N–H and O–H groups in total. The number of thiocarbonyl (C=S) groups is 1. The molecule has 0 aliphatic carbocycles. The van der Waals surface area contributed by atoms with E-state index in [4.69, 9.17) is 17.0 Å². The monoisotopic (exact) mass is 384 g/mol. The summed E-state index contributed by atoms with van der Waals surface area (Å²) in [4.78, 5) is 1.56. The summed E-state index contributed by atoms with van der Waals surface area (Å²) < 4.78 is 5.92. The number of hydrogen-bond acceptors (Lipinski definition) is 2.